The van der Waals surface area contributed by atoms with Gasteiger partial charge in [-0.05, 0) is 0 Å². The van der Waals surface area contributed by atoms with Crippen LogP contribution in [-0.4, -0.2) is 22.4 Å². The largest absolute Gasteiger partial charge is 0.631 e. The van der Waals surface area contributed by atoms with Gasteiger partial charge >= 0.3 is 7.32 Å². The molecule has 0 aliphatic heterocycles. The Hall–Kier alpha value is 1.05. The normalized spacial score (nSPS) is 4.50. The summed E-state index contributed by atoms with van der Waals surface area (Å²) in [5, 5.41) is 21.5. The van der Waals surface area contributed by atoms with Gasteiger partial charge in [0.25, 0.3) is 0 Å². The smallest absolute Gasteiger partial charge is 0.402 e. The van der Waals surface area contributed by atoms with E-state index in [0.717, 1.165) is 0 Å². The fourth-order valence-electron chi connectivity index (χ4n) is 0. The molecule has 0 aromatic heterocycles. The van der Waals surface area contributed by atoms with Gasteiger partial charge in [-0.15, -0.1) is 0 Å². The fraction of sp³-hybridized carbons (Fsp3) is 0. The van der Waals surface area contributed by atoms with E-state index in [1.54, 1.807) is 0 Å². The first-order valence-electron chi connectivity index (χ1n) is 0.775. The van der Waals surface area contributed by atoms with E-state index in [2.05, 4.69) is 0 Å². The second-order valence-electron chi connectivity index (χ2n) is 0.346. The molecule has 36 valence electrons. The Labute approximate surface area is 58.3 Å². The molecule has 0 aromatic carbocycles. The molecule has 0 aliphatic carbocycles. The minimum absolute atomic E-state index is 0. The van der Waals surface area contributed by atoms with Crippen molar-refractivity contribution in [1.29, 1.82) is 0 Å². The molecule has 3 N–H and O–H groups in total. The monoisotopic (exact) mass is 168 g/mol. The first-order valence-corrected chi connectivity index (χ1v) is 0.775. The van der Waals surface area contributed by atoms with Crippen LogP contribution in [0.3, 0.4) is 0 Å². The molecule has 0 bridgehead atoms. The van der Waals surface area contributed by atoms with Crippen LogP contribution in [0.25, 0.3) is 0 Å². The van der Waals surface area contributed by atoms with Crippen molar-refractivity contribution in [1.82, 2.24) is 0 Å². The molecule has 0 aliphatic rings. The van der Waals surface area contributed by atoms with Crippen molar-refractivity contribution in [2.45, 2.75) is 0 Å². The van der Waals surface area contributed by atoms with Gasteiger partial charge in [0.15, 0.2) is 0 Å². The summed E-state index contributed by atoms with van der Waals surface area (Å²) in [6, 6.07) is 0. The Morgan fingerprint density at radius 3 is 1.00 bits per heavy atom. The van der Waals surface area contributed by atoms with E-state index in [1.165, 1.54) is 0 Å². The van der Waals surface area contributed by atoms with E-state index in [4.69, 9.17) is 15.1 Å². The van der Waals surface area contributed by atoms with E-state index in [1.807, 2.05) is 0 Å². The van der Waals surface area contributed by atoms with Crippen LogP contribution < -0.4 is 0 Å². The third-order valence-corrected chi connectivity index (χ3v) is 0. The molecule has 0 rings (SSSR count). The molecule has 0 spiro atoms. The summed E-state index contributed by atoms with van der Waals surface area (Å²) in [4.78, 5) is 0. The van der Waals surface area contributed by atoms with Crippen molar-refractivity contribution in [3.8, 4) is 0 Å². The first kappa shape index (κ1) is 15.7. The molecule has 0 unspecified atom stereocenters. The van der Waals surface area contributed by atoms with Crippen molar-refractivity contribution in [3.05, 3.63) is 0 Å². The maximum Gasteiger partial charge on any atom is 0.631 e. The average Bonchev–Trinajstić information content (AvgIpc) is 0.811. The predicted octanol–water partition coefficient (Wildman–Crippen LogP) is -2.06. The van der Waals surface area contributed by atoms with Crippen molar-refractivity contribution >= 4 is 7.32 Å². The zero-order chi connectivity index (χ0) is 3.58. The Morgan fingerprint density at radius 1 is 1.00 bits per heavy atom. The van der Waals surface area contributed by atoms with Gasteiger partial charge in [0, 0.05) is 35.6 Å². The molecule has 0 fully saturated rings. The van der Waals surface area contributed by atoms with Crippen molar-refractivity contribution in [3.63, 3.8) is 0 Å². The molecule has 0 amide bonds. The quantitative estimate of drug-likeness (QED) is 0.364. The van der Waals surface area contributed by atoms with Gasteiger partial charge in [0.05, 0.1) is 0 Å². The standard InChI is InChI=1S/BH3O3.Mn.V/c2-1(3)4;;/h2-4H;;. The molecule has 0 heterocycles. The van der Waals surface area contributed by atoms with Crippen LogP contribution in [-0.2, 0) is 35.6 Å². The molecule has 3 nitrogen and oxygen atoms in total. The van der Waals surface area contributed by atoms with Gasteiger partial charge in [-0.2, -0.15) is 0 Å². The maximum absolute atomic E-state index is 7.17. The zero-order valence-electron chi connectivity index (χ0n) is 2.74. The van der Waals surface area contributed by atoms with Crippen LogP contribution in [0, 0.1) is 0 Å². The van der Waals surface area contributed by atoms with Gasteiger partial charge in [-0.25, -0.2) is 0 Å². The van der Waals surface area contributed by atoms with Crippen LogP contribution in [0.1, 0.15) is 0 Å². The third kappa shape index (κ3) is 75.2. The van der Waals surface area contributed by atoms with Crippen molar-refractivity contribution in [2.75, 3.05) is 0 Å². The Bertz CT molecular complexity index is 15.5. The summed E-state index contributed by atoms with van der Waals surface area (Å²) in [6.07, 6.45) is 0. The Morgan fingerprint density at radius 2 is 1.00 bits per heavy atom. The maximum atomic E-state index is 7.17. The Balaban J connectivity index is -0.0000000450. The van der Waals surface area contributed by atoms with Gasteiger partial charge in [-0.1, -0.05) is 0 Å². The molecule has 0 saturated carbocycles. The summed E-state index contributed by atoms with van der Waals surface area (Å²) in [5.74, 6) is 0. The second-order valence-corrected chi connectivity index (χ2v) is 0.346. The van der Waals surface area contributed by atoms with E-state index >= 15 is 0 Å². The molecule has 0 saturated heterocycles. The zero-order valence-corrected chi connectivity index (χ0v) is 5.32. The van der Waals surface area contributed by atoms with E-state index in [0.29, 0.717) is 0 Å². The first-order chi connectivity index (χ1) is 1.73. The number of rotatable bonds is 0. The molecule has 6 heavy (non-hydrogen) atoms. The molecule has 2 radical (unpaired) electrons. The van der Waals surface area contributed by atoms with E-state index < -0.39 is 7.32 Å². The van der Waals surface area contributed by atoms with Crippen LogP contribution in [0.4, 0.5) is 0 Å². The van der Waals surface area contributed by atoms with Gasteiger partial charge in [-0.3, -0.25) is 0 Å². The SMILES string of the molecule is OB(O)O.[Mn].[V]. The fourth-order valence-corrected chi connectivity index (χ4v) is 0. The summed E-state index contributed by atoms with van der Waals surface area (Å²) in [6.45, 7) is 0. The van der Waals surface area contributed by atoms with Crippen LogP contribution in [0.2, 0.25) is 0 Å². The molecule has 0 atom stereocenters. The van der Waals surface area contributed by atoms with Crippen LogP contribution >= 0.6 is 0 Å². The van der Waals surface area contributed by atoms with Crippen LogP contribution in [0.15, 0.2) is 0 Å². The Kier molecular flexibility index (Phi) is 24.7. The van der Waals surface area contributed by atoms with Crippen molar-refractivity contribution < 1.29 is 50.7 Å². The van der Waals surface area contributed by atoms with Gasteiger partial charge < -0.3 is 15.1 Å². The van der Waals surface area contributed by atoms with E-state index in [9.17, 15) is 0 Å². The third-order valence-electron chi connectivity index (χ3n) is 0. The summed E-state index contributed by atoms with van der Waals surface area (Å²) >= 11 is 0. The summed E-state index contributed by atoms with van der Waals surface area (Å²) in [5.41, 5.74) is 0. The second kappa shape index (κ2) is 9.41. The van der Waals surface area contributed by atoms with E-state index in [-0.39, 0.29) is 35.6 Å². The van der Waals surface area contributed by atoms with Crippen molar-refractivity contribution in [2.24, 2.45) is 0 Å². The topological polar surface area (TPSA) is 60.7 Å². The average molecular weight is 168 g/mol. The minimum Gasteiger partial charge on any atom is -0.402 e. The predicted molar refractivity (Wildman–Crippen MR) is 12.4 cm³/mol. The summed E-state index contributed by atoms with van der Waals surface area (Å²) in [7, 11) is -2.17. The van der Waals surface area contributed by atoms with Crippen LogP contribution in [0.5, 0.6) is 0 Å². The number of hydrogen-bond acceptors (Lipinski definition) is 3. The minimum atomic E-state index is -2.17. The van der Waals surface area contributed by atoms with Gasteiger partial charge in [0.1, 0.15) is 0 Å². The summed E-state index contributed by atoms with van der Waals surface area (Å²) < 4.78 is 0. The molecule has 0 aromatic rings. The van der Waals surface area contributed by atoms with Gasteiger partial charge in [0.2, 0.25) is 0 Å². The molecule has 6 heteroatoms. The molecular formula is H3BMnO3V. The molecular weight excluding hydrogens is 165 g/mol. The number of hydrogen-bond donors (Lipinski definition) is 3.